The van der Waals surface area contributed by atoms with Gasteiger partial charge in [-0.25, -0.2) is 0 Å². The van der Waals surface area contributed by atoms with Gasteiger partial charge in [0.05, 0.1) is 11.3 Å². The van der Waals surface area contributed by atoms with Crippen LogP contribution in [0.5, 0.6) is 0 Å². The number of benzene rings is 2. The molecule has 142 valence electrons. The summed E-state index contributed by atoms with van der Waals surface area (Å²) in [5.74, 6) is -1.17. The maximum absolute atomic E-state index is 12.9. The van der Waals surface area contributed by atoms with Crippen LogP contribution in [0.3, 0.4) is 0 Å². The van der Waals surface area contributed by atoms with Gasteiger partial charge in [-0.05, 0) is 47.5 Å². The molecule has 0 radical (unpaired) electrons. The van der Waals surface area contributed by atoms with Crippen LogP contribution >= 0.6 is 0 Å². The van der Waals surface area contributed by atoms with Crippen LogP contribution in [0.2, 0.25) is 0 Å². The Labute approximate surface area is 167 Å². The standard InChI is InChI=1S/C23H17N3O3/c27-21-18-13-17(22(28)25-14-16-8-10-24-11-9-16)6-7-20(18)26-23(29)19(21)12-15-4-2-1-3-5-15/h1-13H,14H2,(H,25,28)(H,26,29). The SMILES string of the molecule is O=C1Nc2ccc(C(=O)NCc3ccncc3)cc2C(=O)C1=Cc1ccccc1. The van der Waals surface area contributed by atoms with Crippen molar-refractivity contribution in [1.29, 1.82) is 0 Å². The van der Waals surface area contributed by atoms with Crippen LogP contribution in [0.25, 0.3) is 6.08 Å². The fourth-order valence-corrected chi connectivity index (χ4v) is 3.05. The number of rotatable bonds is 4. The van der Waals surface area contributed by atoms with Gasteiger partial charge in [-0.1, -0.05) is 30.3 Å². The fraction of sp³-hybridized carbons (Fsp3) is 0.0435. The van der Waals surface area contributed by atoms with Gasteiger partial charge in [-0.15, -0.1) is 0 Å². The summed E-state index contributed by atoms with van der Waals surface area (Å²) < 4.78 is 0. The predicted octanol–water partition coefficient (Wildman–Crippen LogP) is 3.23. The van der Waals surface area contributed by atoms with E-state index in [1.807, 2.05) is 42.5 Å². The second-order valence-electron chi connectivity index (χ2n) is 6.55. The lowest BCUT2D eigenvalue weighted by atomic mass is 9.93. The van der Waals surface area contributed by atoms with E-state index in [1.165, 1.54) is 6.07 Å². The number of Topliss-reactive ketones (excluding diaryl/α,β-unsaturated/α-hetero) is 1. The van der Waals surface area contributed by atoms with E-state index in [2.05, 4.69) is 15.6 Å². The van der Waals surface area contributed by atoms with Crippen molar-refractivity contribution in [3.05, 3.63) is 101 Å². The number of amides is 2. The van der Waals surface area contributed by atoms with Crippen LogP contribution in [-0.4, -0.2) is 22.6 Å². The number of carbonyl (C=O) groups excluding carboxylic acids is 3. The zero-order valence-electron chi connectivity index (χ0n) is 15.4. The molecule has 0 unspecified atom stereocenters. The Hall–Kier alpha value is -4.06. The molecule has 2 heterocycles. The third kappa shape index (κ3) is 3.96. The Balaban J connectivity index is 1.58. The molecule has 0 aliphatic carbocycles. The third-order valence-corrected chi connectivity index (χ3v) is 4.58. The quantitative estimate of drug-likeness (QED) is 0.535. The van der Waals surface area contributed by atoms with E-state index in [9.17, 15) is 14.4 Å². The molecule has 3 aromatic rings. The van der Waals surface area contributed by atoms with Gasteiger partial charge in [-0.2, -0.15) is 0 Å². The van der Waals surface area contributed by atoms with Crippen molar-refractivity contribution >= 4 is 29.4 Å². The molecule has 29 heavy (non-hydrogen) atoms. The lowest BCUT2D eigenvalue weighted by Crippen LogP contribution is -2.28. The highest BCUT2D eigenvalue weighted by molar-refractivity contribution is 6.36. The maximum atomic E-state index is 12.9. The summed E-state index contributed by atoms with van der Waals surface area (Å²) in [5, 5.41) is 5.53. The largest absolute Gasteiger partial charge is 0.348 e. The topological polar surface area (TPSA) is 88.2 Å². The van der Waals surface area contributed by atoms with Gasteiger partial charge in [-0.3, -0.25) is 19.4 Å². The number of aromatic nitrogens is 1. The molecule has 6 heteroatoms. The van der Waals surface area contributed by atoms with Gasteiger partial charge < -0.3 is 10.6 Å². The lowest BCUT2D eigenvalue weighted by Gasteiger charge is -2.19. The number of hydrogen-bond donors (Lipinski definition) is 2. The van der Waals surface area contributed by atoms with E-state index >= 15 is 0 Å². The van der Waals surface area contributed by atoms with Crippen molar-refractivity contribution in [3.63, 3.8) is 0 Å². The molecule has 1 aromatic heterocycles. The van der Waals surface area contributed by atoms with Crippen molar-refractivity contribution in [2.45, 2.75) is 6.54 Å². The van der Waals surface area contributed by atoms with Crippen LogP contribution in [0.1, 0.15) is 31.8 Å². The van der Waals surface area contributed by atoms with E-state index < -0.39 is 11.7 Å². The average Bonchev–Trinajstić information content (AvgIpc) is 2.76. The van der Waals surface area contributed by atoms with Crippen molar-refractivity contribution < 1.29 is 14.4 Å². The van der Waals surface area contributed by atoms with Crippen LogP contribution in [0, 0.1) is 0 Å². The highest BCUT2D eigenvalue weighted by Crippen LogP contribution is 2.27. The molecule has 1 aliphatic rings. The van der Waals surface area contributed by atoms with Gasteiger partial charge in [0.15, 0.2) is 0 Å². The van der Waals surface area contributed by atoms with Crippen LogP contribution in [-0.2, 0) is 11.3 Å². The van der Waals surface area contributed by atoms with E-state index in [0.717, 1.165) is 11.1 Å². The molecule has 2 aromatic carbocycles. The number of pyridine rings is 1. The first-order valence-corrected chi connectivity index (χ1v) is 9.06. The molecule has 0 bridgehead atoms. The molecular weight excluding hydrogens is 366 g/mol. The number of carbonyl (C=O) groups is 3. The summed E-state index contributed by atoms with van der Waals surface area (Å²) in [6, 6.07) is 17.4. The molecule has 0 fully saturated rings. The van der Waals surface area contributed by atoms with Crippen molar-refractivity contribution in [2.24, 2.45) is 0 Å². The van der Waals surface area contributed by atoms with Crippen LogP contribution in [0.15, 0.2) is 78.6 Å². The molecule has 6 nitrogen and oxygen atoms in total. The summed E-state index contributed by atoms with van der Waals surface area (Å²) in [4.78, 5) is 41.7. The molecule has 4 rings (SSSR count). The zero-order valence-corrected chi connectivity index (χ0v) is 15.4. The number of ketones is 1. The van der Waals surface area contributed by atoms with Gasteiger partial charge >= 0.3 is 0 Å². The Bertz CT molecular complexity index is 1120. The molecule has 0 saturated carbocycles. The van der Waals surface area contributed by atoms with Crippen molar-refractivity contribution in [3.8, 4) is 0 Å². The summed E-state index contributed by atoms with van der Waals surface area (Å²) in [5.41, 5.74) is 2.75. The van der Waals surface area contributed by atoms with Crippen molar-refractivity contribution in [2.75, 3.05) is 5.32 Å². The van der Waals surface area contributed by atoms with Crippen molar-refractivity contribution in [1.82, 2.24) is 10.3 Å². The normalized spacial score (nSPS) is 14.3. The van der Waals surface area contributed by atoms with Gasteiger partial charge in [0.1, 0.15) is 0 Å². The number of hydrogen-bond acceptors (Lipinski definition) is 4. The van der Waals surface area contributed by atoms with Gasteiger partial charge in [0.2, 0.25) is 5.78 Å². The molecular formula is C23H17N3O3. The lowest BCUT2D eigenvalue weighted by molar-refractivity contribution is -0.112. The Morgan fingerprint density at radius 2 is 1.76 bits per heavy atom. The van der Waals surface area contributed by atoms with E-state index in [1.54, 1.807) is 30.6 Å². The van der Waals surface area contributed by atoms with Gasteiger partial charge in [0.25, 0.3) is 11.8 Å². The second kappa shape index (κ2) is 7.90. The number of anilines is 1. The highest BCUT2D eigenvalue weighted by Gasteiger charge is 2.29. The second-order valence-corrected chi connectivity index (χ2v) is 6.55. The Kier molecular flexibility index (Phi) is 4.99. The molecule has 0 atom stereocenters. The van der Waals surface area contributed by atoms with Gasteiger partial charge in [0, 0.05) is 30.1 Å². The average molecular weight is 383 g/mol. The molecule has 0 saturated heterocycles. The number of nitrogens with one attached hydrogen (secondary N) is 2. The highest BCUT2D eigenvalue weighted by atomic mass is 16.2. The van der Waals surface area contributed by atoms with E-state index in [-0.39, 0.29) is 11.5 Å². The fourth-order valence-electron chi connectivity index (χ4n) is 3.05. The molecule has 2 N–H and O–H groups in total. The first-order valence-electron chi connectivity index (χ1n) is 9.06. The predicted molar refractivity (Wildman–Crippen MR) is 109 cm³/mol. The molecule has 1 aliphatic heterocycles. The third-order valence-electron chi connectivity index (χ3n) is 4.58. The first-order chi connectivity index (χ1) is 14.1. The van der Waals surface area contributed by atoms with Crippen LogP contribution < -0.4 is 10.6 Å². The smallest absolute Gasteiger partial charge is 0.259 e. The number of fused-ring (bicyclic) bond motifs is 1. The Morgan fingerprint density at radius 1 is 1.00 bits per heavy atom. The zero-order chi connectivity index (χ0) is 20.2. The van der Waals surface area contributed by atoms with E-state index in [0.29, 0.717) is 23.4 Å². The van der Waals surface area contributed by atoms with E-state index in [4.69, 9.17) is 0 Å². The minimum atomic E-state index is -0.457. The summed E-state index contributed by atoms with van der Waals surface area (Å²) >= 11 is 0. The molecule has 2 amide bonds. The summed E-state index contributed by atoms with van der Waals surface area (Å²) in [6.45, 7) is 0.349. The minimum Gasteiger partial charge on any atom is -0.348 e. The number of nitrogens with zero attached hydrogens (tertiary/aromatic N) is 1. The summed E-state index contributed by atoms with van der Waals surface area (Å²) in [6.07, 6.45) is 4.86. The molecule has 0 spiro atoms. The maximum Gasteiger partial charge on any atom is 0.259 e. The first kappa shape index (κ1) is 18.3. The Morgan fingerprint density at radius 3 is 2.52 bits per heavy atom. The van der Waals surface area contributed by atoms with Crippen LogP contribution in [0.4, 0.5) is 5.69 Å². The summed E-state index contributed by atoms with van der Waals surface area (Å²) in [7, 11) is 0. The monoisotopic (exact) mass is 383 g/mol. The minimum absolute atomic E-state index is 0.0399.